The molecule has 1 aromatic rings. The molecule has 66 valence electrons. The number of rotatable bonds is 2. The van der Waals surface area contributed by atoms with E-state index in [1.165, 1.54) is 0 Å². The fraction of sp³-hybridized carbons (Fsp3) is 0.333. The van der Waals surface area contributed by atoms with E-state index in [4.69, 9.17) is 0 Å². The first-order chi connectivity index (χ1) is 5.65. The highest BCUT2D eigenvalue weighted by molar-refractivity contribution is 5.71. The van der Waals surface area contributed by atoms with Gasteiger partial charge in [-0.05, 0) is 12.1 Å². The molecule has 12 heavy (non-hydrogen) atoms. The predicted molar refractivity (Wildman–Crippen MR) is 52.0 cm³/mol. The van der Waals surface area contributed by atoms with Crippen LogP contribution in [-0.2, 0) is 0 Å². The van der Waals surface area contributed by atoms with Gasteiger partial charge >= 0.3 is 0 Å². The number of nitrogens with zero attached hydrogens (tertiary/aromatic N) is 1. The second kappa shape index (κ2) is 3.34. The largest absolute Gasteiger partial charge is 0.508 e. The van der Waals surface area contributed by atoms with Crippen molar-refractivity contribution in [2.45, 2.75) is 0 Å². The lowest BCUT2D eigenvalue weighted by Gasteiger charge is -2.16. The van der Waals surface area contributed by atoms with E-state index in [9.17, 15) is 5.11 Å². The summed E-state index contributed by atoms with van der Waals surface area (Å²) in [4.78, 5) is 1.99. The predicted octanol–water partition coefficient (Wildman–Crippen LogP) is 1.50. The molecular weight excluding hydrogens is 152 g/mol. The van der Waals surface area contributed by atoms with E-state index in [0.717, 1.165) is 11.4 Å². The van der Waals surface area contributed by atoms with Crippen LogP contribution >= 0.6 is 0 Å². The number of phenols is 1. The summed E-state index contributed by atoms with van der Waals surface area (Å²) in [6, 6.07) is 5.26. The average molecular weight is 166 g/mol. The summed E-state index contributed by atoms with van der Waals surface area (Å²) in [5.41, 5.74) is 2.00. The Kier molecular flexibility index (Phi) is 2.43. The lowest BCUT2D eigenvalue weighted by atomic mass is 10.2. The van der Waals surface area contributed by atoms with Gasteiger partial charge in [-0.3, -0.25) is 0 Å². The maximum absolute atomic E-state index is 9.19. The number of benzene rings is 1. The van der Waals surface area contributed by atoms with Gasteiger partial charge in [-0.2, -0.15) is 0 Å². The summed E-state index contributed by atoms with van der Waals surface area (Å²) in [6.45, 7) is 0. The van der Waals surface area contributed by atoms with Crippen molar-refractivity contribution >= 4 is 11.4 Å². The molecule has 0 atom stereocenters. The molecule has 0 amide bonds. The molecule has 0 fully saturated rings. The van der Waals surface area contributed by atoms with Crippen LogP contribution in [0.2, 0.25) is 0 Å². The summed E-state index contributed by atoms with van der Waals surface area (Å²) in [5, 5.41) is 12.2. The molecule has 3 nitrogen and oxygen atoms in total. The second-order valence-corrected chi connectivity index (χ2v) is 2.85. The zero-order valence-corrected chi connectivity index (χ0v) is 7.63. The lowest BCUT2D eigenvalue weighted by Crippen LogP contribution is -2.10. The molecule has 0 aliphatic heterocycles. The van der Waals surface area contributed by atoms with E-state index in [1.807, 2.05) is 32.1 Å². The molecule has 0 radical (unpaired) electrons. The molecule has 2 N–H and O–H groups in total. The van der Waals surface area contributed by atoms with Crippen LogP contribution in [0, 0.1) is 0 Å². The van der Waals surface area contributed by atoms with Crippen LogP contribution in [-0.4, -0.2) is 26.2 Å². The van der Waals surface area contributed by atoms with Crippen molar-refractivity contribution in [2.75, 3.05) is 31.4 Å². The van der Waals surface area contributed by atoms with E-state index in [0.29, 0.717) is 0 Å². The quantitative estimate of drug-likeness (QED) is 0.699. The maximum Gasteiger partial charge on any atom is 0.117 e. The highest BCUT2D eigenvalue weighted by Gasteiger charge is 2.02. The van der Waals surface area contributed by atoms with E-state index >= 15 is 0 Å². The Labute approximate surface area is 72.6 Å². The summed E-state index contributed by atoms with van der Waals surface area (Å²) < 4.78 is 0. The lowest BCUT2D eigenvalue weighted by molar-refractivity contribution is 0.475. The fourth-order valence-electron chi connectivity index (χ4n) is 1.11. The van der Waals surface area contributed by atoms with E-state index in [1.54, 1.807) is 12.1 Å². The van der Waals surface area contributed by atoms with Crippen molar-refractivity contribution in [3.63, 3.8) is 0 Å². The molecule has 0 saturated carbocycles. The Morgan fingerprint density at radius 1 is 1.33 bits per heavy atom. The number of hydrogen-bond acceptors (Lipinski definition) is 3. The minimum atomic E-state index is 0.282. The van der Waals surface area contributed by atoms with Gasteiger partial charge in [0.05, 0.1) is 11.4 Å². The van der Waals surface area contributed by atoms with Crippen LogP contribution < -0.4 is 10.2 Å². The van der Waals surface area contributed by atoms with E-state index in [2.05, 4.69) is 5.32 Å². The number of phenolic OH excluding ortho intramolecular Hbond substituents is 1. The molecule has 0 aromatic heterocycles. The Morgan fingerprint density at radius 2 is 2.00 bits per heavy atom. The maximum atomic E-state index is 9.19. The molecule has 3 heteroatoms. The molecule has 1 rings (SSSR count). The fourth-order valence-corrected chi connectivity index (χ4v) is 1.11. The first-order valence-electron chi connectivity index (χ1n) is 3.83. The zero-order chi connectivity index (χ0) is 9.14. The molecule has 0 heterocycles. The Hall–Kier alpha value is -1.38. The molecular formula is C9H14N2O. The Bertz CT molecular complexity index is 271. The van der Waals surface area contributed by atoms with Crippen LogP contribution in [0.3, 0.4) is 0 Å². The Morgan fingerprint density at radius 3 is 2.50 bits per heavy atom. The molecule has 0 aliphatic carbocycles. The smallest absolute Gasteiger partial charge is 0.117 e. The monoisotopic (exact) mass is 166 g/mol. The third kappa shape index (κ3) is 1.61. The van der Waals surface area contributed by atoms with Gasteiger partial charge in [-0.1, -0.05) is 0 Å². The normalized spacial score (nSPS) is 9.58. The second-order valence-electron chi connectivity index (χ2n) is 2.85. The van der Waals surface area contributed by atoms with Gasteiger partial charge in [0.15, 0.2) is 0 Å². The minimum Gasteiger partial charge on any atom is -0.508 e. The van der Waals surface area contributed by atoms with Crippen molar-refractivity contribution in [1.82, 2.24) is 0 Å². The van der Waals surface area contributed by atoms with Crippen LogP contribution in [0.1, 0.15) is 0 Å². The van der Waals surface area contributed by atoms with Crippen molar-refractivity contribution in [2.24, 2.45) is 0 Å². The number of nitrogens with one attached hydrogen (secondary N) is 1. The number of aromatic hydroxyl groups is 1. The van der Waals surface area contributed by atoms with Crippen molar-refractivity contribution in [1.29, 1.82) is 0 Å². The van der Waals surface area contributed by atoms with Gasteiger partial charge in [0.25, 0.3) is 0 Å². The molecule has 0 unspecified atom stereocenters. The Balaban J connectivity index is 3.11. The first kappa shape index (κ1) is 8.71. The van der Waals surface area contributed by atoms with Gasteiger partial charge in [-0.25, -0.2) is 0 Å². The number of anilines is 2. The third-order valence-electron chi connectivity index (χ3n) is 1.73. The van der Waals surface area contributed by atoms with Crippen LogP contribution in [0.5, 0.6) is 5.75 Å². The van der Waals surface area contributed by atoms with Crippen molar-refractivity contribution in [3.05, 3.63) is 18.2 Å². The summed E-state index contributed by atoms with van der Waals surface area (Å²) in [5.74, 6) is 0.282. The highest BCUT2D eigenvalue weighted by atomic mass is 16.3. The summed E-state index contributed by atoms with van der Waals surface area (Å²) in [7, 11) is 5.77. The average Bonchev–Trinajstić information content (AvgIpc) is 2.03. The zero-order valence-electron chi connectivity index (χ0n) is 7.63. The highest BCUT2D eigenvalue weighted by Crippen LogP contribution is 2.27. The first-order valence-corrected chi connectivity index (χ1v) is 3.83. The van der Waals surface area contributed by atoms with E-state index < -0.39 is 0 Å². The van der Waals surface area contributed by atoms with Crippen molar-refractivity contribution in [3.8, 4) is 5.75 Å². The van der Waals surface area contributed by atoms with Gasteiger partial charge in [0.2, 0.25) is 0 Å². The standard InChI is InChI=1S/C9H14N2O/c1-10-8-6-7(12)4-5-9(8)11(2)3/h4-6,10,12H,1-3H3. The molecule has 0 aliphatic rings. The summed E-state index contributed by atoms with van der Waals surface area (Å²) >= 11 is 0. The van der Waals surface area contributed by atoms with Crippen molar-refractivity contribution < 1.29 is 5.11 Å². The van der Waals surface area contributed by atoms with E-state index in [-0.39, 0.29) is 5.75 Å². The molecule has 0 spiro atoms. The topological polar surface area (TPSA) is 35.5 Å². The molecule has 0 bridgehead atoms. The van der Waals surface area contributed by atoms with Crippen LogP contribution in [0.15, 0.2) is 18.2 Å². The van der Waals surface area contributed by atoms with Crippen LogP contribution in [0.4, 0.5) is 11.4 Å². The van der Waals surface area contributed by atoms with Gasteiger partial charge in [0.1, 0.15) is 5.75 Å². The van der Waals surface area contributed by atoms with Crippen LogP contribution in [0.25, 0.3) is 0 Å². The minimum absolute atomic E-state index is 0.282. The molecule has 1 aromatic carbocycles. The van der Waals surface area contributed by atoms with Gasteiger partial charge in [0, 0.05) is 27.2 Å². The SMILES string of the molecule is CNc1cc(O)ccc1N(C)C. The molecule has 0 saturated heterocycles. The van der Waals surface area contributed by atoms with Gasteiger partial charge < -0.3 is 15.3 Å². The van der Waals surface area contributed by atoms with Gasteiger partial charge in [-0.15, -0.1) is 0 Å². The summed E-state index contributed by atoms with van der Waals surface area (Å²) in [6.07, 6.45) is 0. The third-order valence-corrected chi connectivity index (χ3v) is 1.73. The number of hydrogen-bond donors (Lipinski definition) is 2.